The van der Waals surface area contributed by atoms with Crippen LogP contribution in [0.3, 0.4) is 0 Å². The number of likely N-dealkylation sites (tertiary alicyclic amines) is 1. The predicted molar refractivity (Wildman–Crippen MR) is 88.0 cm³/mol. The van der Waals surface area contributed by atoms with E-state index in [-0.39, 0.29) is 23.3 Å². The van der Waals surface area contributed by atoms with Gasteiger partial charge < -0.3 is 9.64 Å². The summed E-state index contributed by atoms with van der Waals surface area (Å²) in [7, 11) is -2.31. The maximum atomic E-state index is 12.7. The summed E-state index contributed by atoms with van der Waals surface area (Å²) in [5, 5.41) is 0. The Morgan fingerprint density at radius 2 is 1.87 bits per heavy atom. The second kappa shape index (κ2) is 6.49. The van der Waals surface area contributed by atoms with Crippen LogP contribution in [0.5, 0.6) is 5.75 Å². The van der Waals surface area contributed by atoms with E-state index < -0.39 is 16.1 Å². The lowest BCUT2D eigenvalue weighted by atomic mass is 10.1. The zero-order chi connectivity index (χ0) is 17.4. The molecular weight excluding hydrogens is 316 g/mol. The van der Waals surface area contributed by atoms with Crippen LogP contribution in [0.4, 0.5) is 0 Å². The van der Waals surface area contributed by atoms with Crippen molar-refractivity contribution >= 4 is 15.9 Å². The Morgan fingerprint density at radius 3 is 2.39 bits per heavy atom. The van der Waals surface area contributed by atoms with Gasteiger partial charge in [-0.1, -0.05) is 0 Å². The van der Waals surface area contributed by atoms with Crippen LogP contribution in [0.1, 0.15) is 31.4 Å². The predicted octanol–water partition coefficient (Wildman–Crippen LogP) is 1.60. The van der Waals surface area contributed by atoms with Crippen LogP contribution >= 0.6 is 0 Å². The van der Waals surface area contributed by atoms with E-state index in [1.165, 1.54) is 7.11 Å². The molecular formula is C16H24N2O4S. The zero-order valence-electron chi connectivity index (χ0n) is 14.2. The van der Waals surface area contributed by atoms with Gasteiger partial charge in [0, 0.05) is 25.0 Å². The topological polar surface area (TPSA) is 75.7 Å². The summed E-state index contributed by atoms with van der Waals surface area (Å²) in [6.07, 6.45) is 0.185. The van der Waals surface area contributed by atoms with Gasteiger partial charge in [0.05, 0.1) is 7.11 Å². The first kappa shape index (κ1) is 17.7. The molecule has 1 aromatic carbocycles. The summed E-state index contributed by atoms with van der Waals surface area (Å²) in [4.78, 5) is 13.7. The molecule has 0 bridgehead atoms. The van der Waals surface area contributed by atoms with Crippen LogP contribution in [0.2, 0.25) is 0 Å². The molecule has 6 nitrogen and oxygen atoms in total. The summed E-state index contributed by atoms with van der Waals surface area (Å²) < 4.78 is 33.2. The highest BCUT2D eigenvalue weighted by molar-refractivity contribution is 7.89. The van der Waals surface area contributed by atoms with Gasteiger partial charge in [-0.3, -0.25) is 4.79 Å². The SMILES string of the molecule is COc1cc(C)c(C)cc1S(=O)(=O)NC1CC(=O)N(C(C)C)C1. The van der Waals surface area contributed by atoms with Crippen molar-refractivity contribution < 1.29 is 17.9 Å². The van der Waals surface area contributed by atoms with Crippen molar-refractivity contribution in [1.82, 2.24) is 9.62 Å². The summed E-state index contributed by atoms with van der Waals surface area (Å²) in [6.45, 7) is 7.98. The standard InChI is InChI=1S/C16H24N2O4S/c1-10(2)18-9-13(8-16(18)19)17-23(20,21)15-7-12(4)11(3)6-14(15)22-5/h6-7,10,13,17H,8-9H2,1-5H3. The van der Waals surface area contributed by atoms with Crippen LogP contribution in [-0.2, 0) is 14.8 Å². The summed E-state index contributed by atoms with van der Waals surface area (Å²) in [5.41, 5.74) is 1.83. The van der Waals surface area contributed by atoms with Gasteiger partial charge in [0.15, 0.2) is 0 Å². The number of nitrogens with one attached hydrogen (secondary N) is 1. The fraction of sp³-hybridized carbons (Fsp3) is 0.562. The zero-order valence-corrected chi connectivity index (χ0v) is 15.0. The molecule has 1 aliphatic rings. The maximum Gasteiger partial charge on any atom is 0.244 e. The van der Waals surface area contributed by atoms with Gasteiger partial charge in [-0.25, -0.2) is 13.1 Å². The monoisotopic (exact) mass is 340 g/mol. The molecule has 1 amide bonds. The van der Waals surface area contributed by atoms with Gasteiger partial charge in [0.2, 0.25) is 15.9 Å². The largest absolute Gasteiger partial charge is 0.495 e. The second-order valence-corrected chi connectivity index (χ2v) is 7.93. The van der Waals surface area contributed by atoms with E-state index in [0.29, 0.717) is 12.3 Å². The van der Waals surface area contributed by atoms with E-state index in [2.05, 4.69) is 4.72 Å². The van der Waals surface area contributed by atoms with E-state index in [1.54, 1.807) is 17.0 Å². The Kier molecular flexibility index (Phi) is 5.01. The number of methoxy groups -OCH3 is 1. The molecule has 23 heavy (non-hydrogen) atoms. The molecule has 1 fully saturated rings. The van der Waals surface area contributed by atoms with Crippen LogP contribution < -0.4 is 9.46 Å². The Morgan fingerprint density at radius 1 is 1.26 bits per heavy atom. The summed E-state index contributed by atoms with van der Waals surface area (Å²) in [6, 6.07) is 2.96. The van der Waals surface area contributed by atoms with E-state index in [0.717, 1.165) is 11.1 Å². The van der Waals surface area contributed by atoms with Gasteiger partial charge in [0.1, 0.15) is 10.6 Å². The van der Waals surface area contributed by atoms with Crippen LogP contribution in [0.15, 0.2) is 17.0 Å². The molecule has 0 saturated carbocycles. The molecule has 1 unspecified atom stereocenters. The van der Waals surface area contributed by atoms with Crippen molar-refractivity contribution in [2.24, 2.45) is 0 Å². The number of aryl methyl sites for hydroxylation is 2. The third-order valence-electron chi connectivity index (χ3n) is 4.17. The van der Waals surface area contributed by atoms with Crippen molar-refractivity contribution in [2.45, 2.75) is 51.1 Å². The lowest BCUT2D eigenvalue weighted by molar-refractivity contribution is -0.129. The van der Waals surface area contributed by atoms with Gasteiger partial charge in [-0.05, 0) is 51.0 Å². The number of carbonyl (C=O) groups excluding carboxylic acids is 1. The highest BCUT2D eigenvalue weighted by atomic mass is 32.2. The van der Waals surface area contributed by atoms with Gasteiger partial charge in [0.25, 0.3) is 0 Å². The van der Waals surface area contributed by atoms with Crippen LogP contribution in [0.25, 0.3) is 0 Å². The molecule has 1 aliphatic heterocycles. The number of sulfonamides is 1. The third-order valence-corrected chi connectivity index (χ3v) is 5.71. The first-order valence-electron chi connectivity index (χ1n) is 7.62. The average Bonchev–Trinajstić information content (AvgIpc) is 2.81. The molecule has 0 radical (unpaired) electrons. The van der Waals surface area contributed by atoms with E-state index in [9.17, 15) is 13.2 Å². The number of carbonyl (C=O) groups is 1. The number of nitrogens with zero attached hydrogens (tertiary/aromatic N) is 1. The number of amides is 1. The van der Waals surface area contributed by atoms with Crippen molar-refractivity contribution in [3.63, 3.8) is 0 Å². The van der Waals surface area contributed by atoms with E-state index in [4.69, 9.17) is 4.74 Å². The van der Waals surface area contributed by atoms with Crippen molar-refractivity contribution in [3.8, 4) is 5.75 Å². The molecule has 0 spiro atoms. The fourth-order valence-corrected chi connectivity index (χ4v) is 4.19. The first-order chi connectivity index (χ1) is 10.7. The number of benzene rings is 1. The molecule has 0 aliphatic carbocycles. The number of ether oxygens (including phenoxy) is 1. The molecule has 1 atom stereocenters. The van der Waals surface area contributed by atoms with Gasteiger partial charge in [-0.15, -0.1) is 0 Å². The minimum atomic E-state index is -3.75. The minimum absolute atomic E-state index is 0.0280. The molecule has 128 valence electrons. The highest BCUT2D eigenvalue weighted by Gasteiger charge is 2.34. The number of hydrogen-bond donors (Lipinski definition) is 1. The van der Waals surface area contributed by atoms with Crippen molar-refractivity contribution in [2.75, 3.05) is 13.7 Å². The van der Waals surface area contributed by atoms with Crippen LogP contribution in [-0.4, -0.2) is 45.0 Å². The van der Waals surface area contributed by atoms with Crippen molar-refractivity contribution in [3.05, 3.63) is 23.3 Å². The van der Waals surface area contributed by atoms with E-state index >= 15 is 0 Å². The molecule has 1 saturated heterocycles. The summed E-state index contributed by atoms with van der Waals surface area (Å²) >= 11 is 0. The molecule has 1 aromatic rings. The van der Waals surface area contributed by atoms with Gasteiger partial charge in [-0.2, -0.15) is 0 Å². The molecule has 0 aromatic heterocycles. The Labute approximate surface area is 137 Å². The Hall–Kier alpha value is -1.60. The lowest BCUT2D eigenvalue weighted by Crippen LogP contribution is -2.39. The highest BCUT2D eigenvalue weighted by Crippen LogP contribution is 2.28. The molecule has 1 N–H and O–H groups in total. The lowest BCUT2D eigenvalue weighted by Gasteiger charge is -2.21. The Bertz CT molecular complexity index is 713. The number of hydrogen-bond acceptors (Lipinski definition) is 4. The van der Waals surface area contributed by atoms with Gasteiger partial charge >= 0.3 is 0 Å². The smallest absolute Gasteiger partial charge is 0.244 e. The summed E-state index contributed by atoms with van der Waals surface area (Å²) in [5.74, 6) is 0.283. The minimum Gasteiger partial charge on any atom is -0.495 e. The van der Waals surface area contributed by atoms with Crippen LogP contribution in [0, 0.1) is 13.8 Å². The first-order valence-corrected chi connectivity index (χ1v) is 9.11. The second-order valence-electron chi connectivity index (χ2n) is 6.25. The average molecular weight is 340 g/mol. The maximum absolute atomic E-state index is 12.7. The normalized spacial score (nSPS) is 18.8. The quantitative estimate of drug-likeness (QED) is 0.883. The Balaban J connectivity index is 2.27. The molecule has 1 heterocycles. The van der Waals surface area contributed by atoms with Crippen molar-refractivity contribution in [1.29, 1.82) is 0 Å². The number of rotatable bonds is 5. The molecule has 2 rings (SSSR count). The van der Waals surface area contributed by atoms with E-state index in [1.807, 2.05) is 27.7 Å². The fourth-order valence-electron chi connectivity index (χ4n) is 2.73. The third kappa shape index (κ3) is 3.67. The molecule has 7 heteroatoms.